The molecule has 24 heavy (non-hydrogen) atoms. The van der Waals surface area contributed by atoms with Crippen molar-refractivity contribution in [3.63, 3.8) is 0 Å². The lowest BCUT2D eigenvalue weighted by Gasteiger charge is -2.27. The third-order valence-corrected chi connectivity index (χ3v) is 5.45. The van der Waals surface area contributed by atoms with Crippen molar-refractivity contribution >= 4 is 0 Å². The van der Waals surface area contributed by atoms with E-state index in [2.05, 4.69) is 16.9 Å². The predicted octanol–water partition coefficient (Wildman–Crippen LogP) is 5.30. The number of aromatic nitrogens is 2. The van der Waals surface area contributed by atoms with Gasteiger partial charge in [0.05, 0.1) is 7.11 Å². The number of benzene rings is 1. The summed E-state index contributed by atoms with van der Waals surface area (Å²) in [6.45, 7) is 2.32. The van der Waals surface area contributed by atoms with Crippen LogP contribution in [0.1, 0.15) is 51.3 Å². The number of hydrogen-bond acceptors (Lipinski definition) is 3. The minimum atomic E-state index is 0.870. The van der Waals surface area contributed by atoms with Gasteiger partial charge in [0.2, 0.25) is 0 Å². The van der Waals surface area contributed by atoms with Gasteiger partial charge < -0.3 is 4.74 Å². The second-order valence-electron chi connectivity index (χ2n) is 6.95. The average Bonchev–Trinajstić information content (AvgIpc) is 2.67. The summed E-state index contributed by atoms with van der Waals surface area (Å²) in [5, 5.41) is 0. The maximum Gasteiger partial charge on any atom is 0.128 e. The number of aryl methyl sites for hydroxylation is 1. The molecule has 0 N–H and O–H groups in total. The van der Waals surface area contributed by atoms with E-state index in [9.17, 15) is 0 Å². The fraction of sp³-hybridized carbons (Fsp3) is 0.524. The summed E-state index contributed by atoms with van der Waals surface area (Å²) in [5.41, 5.74) is 2.19. The van der Waals surface area contributed by atoms with Gasteiger partial charge in [0.25, 0.3) is 0 Å². The van der Waals surface area contributed by atoms with Gasteiger partial charge in [-0.15, -0.1) is 0 Å². The van der Waals surface area contributed by atoms with E-state index < -0.39 is 0 Å². The van der Waals surface area contributed by atoms with Crippen LogP contribution in [0.5, 0.6) is 5.75 Å². The number of methoxy groups -OCH3 is 1. The zero-order valence-electron chi connectivity index (χ0n) is 14.9. The summed E-state index contributed by atoms with van der Waals surface area (Å²) in [5.74, 6) is 3.69. The van der Waals surface area contributed by atoms with Crippen LogP contribution in [0, 0.1) is 11.8 Å². The van der Waals surface area contributed by atoms with Gasteiger partial charge in [0, 0.05) is 24.4 Å². The molecule has 0 unspecified atom stereocenters. The molecule has 0 atom stereocenters. The zero-order chi connectivity index (χ0) is 16.8. The standard InChI is InChI=1S/C21H28N2O/c1-3-16-4-6-17(7-5-16)8-13-21-22-14-19(15-23-21)18-9-11-20(24-2)12-10-18/h9-12,14-17H,3-8,13H2,1-2H3. The Bertz CT molecular complexity index is 613. The van der Waals surface area contributed by atoms with E-state index in [1.165, 1.54) is 38.5 Å². The second kappa shape index (κ2) is 8.27. The highest BCUT2D eigenvalue weighted by Crippen LogP contribution is 2.32. The van der Waals surface area contributed by atoms with Crippen molar-refractivity contribution in [3.8, 4) is 16.9 Å². The van der Waals surface area contributed by atoms with Crippen LogP contribution in [0.25, 0.3) is 11.1 Å². The Hall–Kier alpha value is -1.90. The molecule has 1 aromatic carbocycles. The lowest BCUT2D eigenvalue weighted by Crippen LogP contribution is -2.15. The molecular formula is C21H28N2O. The van der Waals surface area contributed by atoms with E-state index in [-0.39, 0.29) is 0 Å². The predicted molar refractivity (Wildman–Crippen MR) is 98.1 cm³/mol. The fourth-order valence-corrected chi connectivity index (χ4v) is 3.68. The Morgan fingerprint density at radius 1 is 0.917 bits per heavy atom. The molecule has 0 spiro atoms. The van der Waals surface area contributed by atoms with Crippen LogP contribution in [0.2, 0.25) is 0 Å². The topological polar surface area (TPSA) is 35.0 Å². The second-order valence-corrected chi connectivity index (χ2v) is 6.95. The molecule has 1 heterocycles. The molecule has 1 aliphatic carbocycles. The molecule has 0 aliphatic heterocycles. The van der Waals surface area contributed by atoms with Crippen molar-refractivity contribution in [1.82, 2.24) is 9.97 Å². The van der Waals surface area contributed by atoms with Crippen molar-refractivity contribution < 1.29 is 4.74 Å². The van der Waals surface area contributed by atoms with Crippen LogP contribution in [0.3, 0.4) is 0 Å². The summed E-state index contributed by atoms with van der Waals surface area (Å²) >= 11 is 0. The Labute approximate surface area is 145 Å². The van der Waals surface area contributed by atoms with Crippen LogP contribution in [0.4, 0.5) is 0 Å². The van der Waals surface area contributed by atoms with Crippen molar-refractivity contribution in [2.45, 2.75) is 51.9 Å². The summed E-state index contributed by atoms with van der Waals surface area (Å²) in [4.78, 5) is 9.14. The minimum Gasteiger partial charge on any atom is -0.497 e. The van der Waals surface area contributed by atoms with Crippen LogP contribution >= 0.6 is 0 Å². The van der Waals surface area contributed by atoms with Gasteiger partial charge in [0.1, 0.15) is 11.6 Å². The van der Waals surface area contributed by atoms with E-state index in [1.807, 2.05) is 36.7 Å². The largest absolute Gasteiger partial charge is 0.497 e. The molecule has 0 amide bonds. The molecule has 1 aliphatic rings. The molecule has 1 saturated carbocycles. The smallest absolute Gasteiger partial charge is 0.128 e. The van der Waals surface area contributed by atoms with Gasteiger partial charge in [-0.3, -0.25) is 0 Å². The highest BCUT2D eigenvalue weighted by atomic mass is 16.5. The maximum absolute atomic E-state index is 5.20. The van der Waals surface area contributed by atoms with E-state index in [4.69, 9.17) is 4.74 Å². The highest BCUT2D eigenvalue weighted by Gasteiger charge is 2.19. The first kappa shape index (κ1) is 16.9. The van der Waals surface area contributed by atoms with Crippen LogP contribution in [-0.2, 0) is 6.42 Å². The number of ether oxygens (including phenoxy) is 1. The van der Waals surface area contributed by atoms with Crippen molar-refractivity contribution in [2.75, 3.05) is 7.11 Å². The molecule has 1 aromatic heterocycles. The lowest BCUT2D eigenvalue weighted by molar-refractivity contribution is 0.258. The molecule has 0 bridgehead atoms. The van der Waals surface area contributed by atoms with Gasteiger partial charge in [0.15, 0.2) is 0 Å². The van der Waals surface area contributed by atoms with E-state index in [0.29, 0.717) is 0 Å². The van der Waals surface area contributed by atoms with Crippen molar-refractivity contribution in [2.24, 2.45) is 11.8 Å². The van der Waals surface area contributed by atoms with Crippen LogP contribution in [0.15, 0.2) is 36.7 Å². The van der Waals surface area contributed by atoms with Gasteiger partial charge in [-0.2, -0.15) is 0 Å². The first-order chi connectivity index (χ1) is 11.8. The quantitative estimate of drug-likeness (QED) is 0.723. The summed E-state index contributed by atoms with van der Waals surface area (Å²) in [7, 11) is 1.68. The molecular weight excluding hydrogens is 296 g/mol. The van der Waals surface area contributed by atoms with Gasteiger partial charge in [-0.1, -0.05) is 51.2 Å². The molecule has 0 saturated heterocycles. The third kappa shape index (κ3) is 4.34. The monoisotopic (exact) mass is 324 g/mol. The Kier molecular flexibility index (Phi) is 5.84. The third-order valence-electron chi connectivity index (χ3n) is 5.45. The molecule has 3 nitrogen and oxygen atoms in total. The fourth-order valence-electron chi connectivity index (χ4n) is 3.68. The van der Waals surface area contributed by atoms with Gasteiger partial charge in [-0.05, 0) is 36.0 Å². The number of rotatable bonds is 6. The normalized spacial score (nSPS) is 20.8. The lowest BCUT2D eigenvalue weighted by atomic mass is 9.79. The van der Waals surface area contributed by atoms with Crippen LogP contribution < -0.4 is 4.74 Å². The Balaban J connectivity index is 1.53. The summed E-state index contributed by atoms with van der Waals surface area (Å²) in [6.07, 6.45) is 13.1. The molecule has 3 heteroatoms. The van der Waals surface area contributed by atoms with Gasteiger partial charge >= 0.3 is 0 Å². The highest BCUT2D eigenvalue weighted by molar-refractivity contribution is 5.62. The molecule has 0 radical (unpaired) electrons. The molecule has 128 valence electrons. The summed E-state index contributed by atoms with van der Waals surface area (Å²) < 4.78 is 5.20. The van der Waals surface area contributed by atoms with E-state index >= 15 is 0 Å². The molecule has 2 aromatic rings. The Morgan fingerprint density at radius 2 is 1.54 bits per heavy atom. The number of nitrogens with zero attached hydrogens (tertiary/aromatic N) is 2. The van der Waals surface area contributed by atoms with Gasteiger partial charge in [-0.25, -0.2) is 9.97 Å². The van der Waals surface area contributed by atoms with Crippen molar-refractivity contribution in [1.29, 1.82) is 0 Å². The molecule has 1 fully saturated rings. The Morgan fingerprint density at radius 3 is 2.12 bits per heavy atom. The first-order valence-electron chi connectivity index (χ1n) is 9.23. The van der Waals surface area contributed by atoms with E-state index in [0.717, 1.165) is 41.0 Å². The van der Waals surface area contributed by atoms with E-state index in [1.54, 1.807) is 7.11 Å². The minimum absolute atomic E-state index is 0.870. The number of hydrogen-bond donors (Lipinski definition) is 0. The summed E-state index contributed by atoms with van der Waals surface area (Å²) in [6, 6.07) is 8.03. The van der Waals surface area contributed by atoms with Crippen molar-refractivity contribution in [3.05, 3.63) is 42.5 Å². The average molecular weight is 324 g/mol. The molecule has 3 rings (SSSR count). The maximum atomic E-state index is 5.20. The first-order valence-corrected chi connectivity index (χ1v) is 9.23. The SMILES string of the molecule is CCC1CCC(CCc2ncc(-c3ccc(OC)cc3)cn2)CC1. The van der Waals surface area contributed by atoms with Crippen LogP contribution in [-0.4, -0.2) is 17.1 Å². The zero-order valence-corrected chi connectivity index (χ0v) is 14.9.